The summed E-state index contributed by atoms with van der Waals surface area (Å²) in [5, 5.41) is 3.84. The molecule has 0 spiro atoms. The standard InChI is InChI=1S/C19H17ClFNOS/c20-16-4-2-1-3-12(16)13-10-14(13)19(23)22-17-7-8-24-18-6-5-11(21)9-15(17)18/h1-6,9,13-14,17H,7-8,10H2,(H,22,23). The van der Waals surface area contributed by atoms with Gasteiger partial charge < -0.3 is 5.32 Å². The molecule has 1 saturated carbocycles. The highest BCUT2D eigenvalue weighted by molar-refractivity contribution is 7.99. The van der Waals surface area contributed by atoms with E-state index in [2.05, 4.69) is 5.32 Å². The highest BCUT2D eigenvalue weighted by Crippen LogP contribution is 2.50. The summed E-state index contributed by atoms with van der Waals surface area (Å²) in [7, 11) is 0. The summed E-state index contributed by atoms with van der Waals surface area (Å²) in [6, 6.07) is 12.4. The van der Waals surface area contributed by atoms with Crippen LogP contribution in [-0.4, -0.2) is 11.7 Å². The molecule has 0 radical (unpaired) electrons. The van der Waals surface area contributed by atoms with Crippen molar-refractivity contribution in [3.05, 3.63) is 64.4 Å². The fraction of sp³-hybridized carbons (Fsp3) is 0.316. The van der Waals surface area contributed by atoms with E-state index in [9.17, 15) is 9.18 Å². The minimum absolute atomic E-state index is 0.0310. The van der Waals surface area contributed by atoms with Crippen LogP contribution in [0.1, 0.15) is 35.9 Å². The van der Waals surface area contributed by atoms with Gasteiger partial charge in [-0.1, -0.05) is 29.8 Å². The topological polar surface area (TPSA) is 29.1 Å². The summed E-state index contributed by atoms with van der Waals surface area (Å²) >= 11 is 7.95. The number of carbonyl (C=O) groups is 1. The molecule has 3 unspecified atom stereocenters. The summed E-state index contributed by atoms with van der Waals surface area (Å²) in [6.07, 6.45) is 1.66. The molecular formula is C19H17ClFNOS. The van der Waals surface area contributed by atoms with E-state index in [1.54, 1.807) is 23.9 Å². The van der Waals surface area contributed by atoms with Crippen LogP contribution >= 0.6 is 23.4 Å². The van der Waals surface area contributed by atoms with Gasteiger partial charge in [0.2, 0.25) is 5.91 Å². The highest BCUT2D eigenvalue weighted by Gasteiger charge is 2.45. The van der Waals surface area contributed by atoms with Gasteiger partial charge in [-0.3, -0.25) is 4.79 Å². The quantitative estimate of drug-likeness (QED) is 0.839. The molecule has 0 saturated heterocycles. The van der Waals surface area contributed by atoms with Gasteiger partial charge in [0.25, 0.3) is 0 Å². The molecular weight excluding hydrogens is 345 g/mol. The van der Waals surface area contributed by atoms with Crippen LogP contribution in [0, 0.1) is 11.7 Å². The molecule has 2 aromatic rings. The fourth-order valence-electron chi connectivity index (χ4n) is 3.40. The van der Waals surface area contributed by atoms with Gasteiger partial charge in [-0.25, -0.2) is 4.39 Å². The molecule has 124 valence electrons. The maximum Gasteiger partial charge on any atom is 0.224 e. The van der Waals surface area contributed by atoms with Crippen molar-refractivity contribution in [1.29, 1.82) is 0 Å². The van der Waals surface area contributed by atoms with E-state index >= 15 is 0 Å². The van der Waals surface area contributed by atoms with Crippen LogP contribution in [0.25, 0.3) is 0 Å². The predicted molar refractivity (Wildman–Crippen MR) is 94.9 cm³/mol. The Labute approximate surface area is 149 Å². The van der Waals surface area contributed by atoms with Gasteiger partial charge in [-0.05, 0) is 54.2 Å². The Bertz CT molecular complexity index is 797. The lowest BCUT2D eigenvalue weighted by molar-refractivity contribution is -0.123. The molecule has 3 atom stereocenters. The molecule has 4 rings (SSSR count). The minimum atomic E-state index is -0.254. The maximum absolute atomic E-state index is 13.6. The van der Waals surface area contributed by atoms with Crippen molar-refractivity contribution in [3.8, 4) is 0 Å². The van der Waals surface area contributed by atoms with Crippen LogP contribution in [0.15, 0.2) is 47.4 Å². The Morgan fingerprint density at radius 3 is 2.88 bits per heavy atom. The molecule has 2 nitrogen and oxygen atoms in total. The van der Waals surface area contributed by atoms with Crippen molar-refractivity contribution in [2.45, 2.75) is 29.7 Å². The second kappa shape index (κ2) is 6.41. The van der Waals surface area contributed by atoms with Crippen LogP contribution < -0.4 is 5.32 Å². The zero-order valence-corrected chi connectivity index (χ0v) is 14.5. The first kappa shape index (κ1) is 16.0. The van der Waals surface area contributed by atoms with E-state index in [4.69, 9.17) is 11.6 Å². The number of nitrogens with one attached hydrogen (secondary N) is 1. The number of halogens is 2. The Hall–Kier alpha value is -1.52. The molecule has 0 aromatic heterocycles. The third-order valence-electron chi connectivity index (χ3n) is 4.76. The molecule has 24 heavy (non-hydrogen) atoms. The number of hydrogen-bond donors (Lipinski definition) is 1. The Morgan fingerprint density at radius 2 is 2.04 bits per heavy atom. The van der Waals surface area contributed by atoms with E-state index in [0.717, 1.165) is 39.6 Å². The van der Waals surface area contributed by atoms with E-state index in [1.165, 1.54) is 6.07 Å². The highest BCUT2D eigenvalue weighted by atomic mass is 35.5. The Balaban J connectivity index is 1.47. The van der Waals surface area contributed by atoms with Gasteiger partial charge >= 0.3 is 0 Å². The number of rotatable bonds is 3. The summed E-state index contributed by atoms with van der Waals surface area (Å²) in [5.74, 6) is 0.894. The van der Waals surface area contributed by atoms with Crippen molar-refractivity contribution in [1.82, 2.24) is 5.32 Å². The molecule has 5 heteroatoms. The number of carbonyl (C=O) groups excluding carboxylic acids is 1. The summed E-state index contributed by atoms with van der Waals surface area (Å²) < 4.78 is 13.6. The van der Waals surface area contributed by atoms with Gasteiger partial charge in [-0.2, -0.15) is 0 Å². The molecule has 1 fully saturated rings. The zero-order chi connectivity index (χ0) is 16.7. The van der Waals surface area contributed by atoms with Crippen molar-refractivity contribution in [3.63, 3.8) is 0 Å². The zero-order valence-electron chi connectivity index (χ0n) is 13.0. The van der Waals surface area contributed by atoms with Crippen LogP contribution in [0.5, 0.6) is 0 Å². The third-order valence-corrected chi connectivity index (χ3v) is 6.23. The van der Waals surface area contributed by atoms with E-state index < -0.39 is 0 Å². The average molecular weight is 362 g/mol. The molecule has 1 heterocycles. The molecule has 1 aliphatic heterocycles. The number of fused-ring (bicyclic) bond motifs is 1. The molecule has 0 bridgehead atoms. The number of benzene rings is 2. The Kier molecular flexibility index (Phi) is 4.27. The van der Waals surface area contributed by atoms with Gasteiger partial charge in [-0.15, -0.1) is 11.8 Å². The lowest BCUT2D eigenvalue weighted by Crippen LogP contribution is -2.32. The summed E-state index contributed by atoms with van der Waals surface area (Å²) in [4.78, 5) is 13.7. The normalized spacial score (nSPS) is 25.0. The summed E-state index contributed by atoms with van der Waals surface area (Å²) in [6.45, 7) is 0. The first-order valence-electron chi connectivity index (χ1n) is 8.10. The molecule has 2 aliphatic rings. The van der Waals surface area contributed by atoms with Gasteiger partial charge in [0.05, 0.1) is 6.04 Å². The average Bonchev–Trinajstić information content (AvgIpc) is 3.36. The molecule has 1 N–H and O–H groups in total. The summed E-state index contributed by atoms with van der Waals surface area (Å²) in [5.41, 5.74) is 1.94. The number of thioether (sulfide) groups is 1. The van der Waals surface area contributed by atoms with Crippen LogP contribution in [0.3, 0.4) is 0 Å². The van der Waals surface area contributed by atoms with E-state index in [1.807, 2.05) is 24.3 Å². The first-order chi connectivity index (χ1) is 11.6. The van der Waals surface area contributed by atoms with E-state index in [0.29, 0.717) is 0 Å². The molecule has 1 amide bonds. The lowest BCUT2D eigenvalue weighted by Gasteiger charge is -2.26. The van der Waals surface area contributed by atoms with Crippen molar-refractivity contribution in [2.75, 3.05) is 5.75 Å². The van der Waals surface area contributed by atoms with Gasteiger partial charge in [0.15, 0.2) is 0 Å². The number of amides is 1. The molecule has 2 aromatic carbocycles. The van der Waals surface area contributed by atoms with Crippen molar-refractivity contribution in [2.24, 2.45) is 5.92 Å². The van der Waals surface area contributed by atoms with Crippen LogP contribution in [0.2, 0.25) is 5.02 Å². The smallest absolute Gasteiger partial charge is 0.224 e. The van der Waals surface area contributed by atoms with Crippen LogP contribution in [0.4, 0.5) is 4.39 Å². The SMILES string of the molecule is O=C(NC1CCSc2ccc(F)cc21)C1CC1c1ccccc1Cl. The second-order valence-corrected chi connectivity index (χ2v) is 7.89. The van der Waals surface area contributed by atoms with Gasteiger partial charge in [0.1, 0.15) is 5.82 Å². The monoisotopic (exact) mass is 361 g/mol. The van der Waals surface area contributed by atoms with E-state index in [-0.39, 0.29) is 29.6 Å². The predicted octanol–water partition coefficient (Wildman–Crippen LogP) is 4.94. The van der Waals surface area contributed by atoms with Crippen molar-refractivity contribution < 1.29 is 9.18 Å². The van der Waals surface area contributed by atoms with Crippen LogP contribution in [-0.2, 0) is 4.79 Å². The first-order valence-corrected chi connectivity index (χ1v) is 9.47. The Morgan fingerprint density at radius 1 is 1.21 bits per heavy atom. The second-order valence-electron chi connectivity index (χ2n) is 6.35. The maximum atomic E-state index is 13.6. The number of hydrogen-bond acceptors (Lipinski definition) is 2. The molecule has 1 aliphatic carbocycles. The minimum Gasteiger partial charge on any atom is -0.349 e. The van der Waals surface area contributed by atoms with Gasteiger partial charge in [0, 0.05) is 21.6 Å². The largest absolute Gasteiger partial charge is 0.349 e. The fourth-order valence-corrected chi connectivity index (χ4v) is 4.78. The van der Waals surface area contributed by atoms with Crippen molar-refractivity contribution >= 4 is 29.3 Å². The lowest BCUT2D eigenvalue weighted by atomic mass is 10.0. The third kappa shape index (κ3) is 3.05.